The third-order valence-electron chi connectivity index (χ3n) is 4.88. The maximum absolute atomic E-state index is 12.6. The monoisotopic (exact) mass is 361 g/mol. The highest BCUT2D eigenvalue weighted by atomic mass is 19.4. The fourth-order valence-corrected chi connectivity index (χ4v) is 3.52. The van der Waals surface area contributed by atoms with Gasteiger partial charge in [-0.2, -0.15) is 13.2 Å². The normalized spacial score (nSPS) is 31.5. The van der Waals surface area contributed by atoms with E-state index in [-0.39, 0.29) is 5.92 Å². The van der Waals surface area contributed by atoms with E-state index in [1.165, 1.54) is 6.07 Å². The van der Waals surface area contributed by atoms with Crippen LogP contribution in [-0.2, 0) is 6.18 Å². The van der Waals surface area contributed by atoms with Crippen molar-refractivity contribution in [2.24, 2.45) is 5.92 Å². The summed E-state index contributed by atoms with van der Waals surface area (Å²) in [5.41, 5.74) is -0.762. The van der Waals surface area contributed by atoms with E-state index in [0.717, 1.165) is 18.7 Å². The van der Waals surface area contributed by atoms with Crippen LogP contribution in [0.3, 0.4) is 0 Å². The molecular weight excluding hydrogens is 339 g/mol. The van der Waals surface area contributed by atoms with E-state index < -0.39 is 30.1 Å². The Bertz CT molecular complexity index is 572. The zero-order valence-corrected chi connectivity index (χ0v) is 13.6. The van der Waals surface area contributed by atoms with Crippen molar-refractivity contribution in [2.75, 3.05) is 37.6 Å². The number of alkyl halides is 3. The number of nitrogens with zero attached hydrogens (tertiary/aromatic N) is 3. The van der Waals surface area contributed by atoms with Gasteiger partial charge in [-0.05, 0) is 24.5 Å². The highest BCUT2D eigenvalue weighted by Gasteiger charge is 2.35. The smallest absolute Gasteiger partial charge is 0.389 e. The minimum atomic E-state index is -4.39. The van der Waals surface area contributed by atoms with E-state index in [9.17, 15) is 28.5 Å². The number of hydrogen-bond donors (Lipinski definition) is 3. The Morgan fingerprint density at radius 2 is 1.76 bits per heavy atom. The van der Waals surface area contributed by atoms with Crippen LogP contribution in [0.1, 0.15) is 12.0 Å². The molecule has 0 aromatic carbocycles. The lowest BCUT2D eigenvalue weighted by atomic mass is 10.00. The van der Waals surface area contributed by atoms with E-state index >= 15 is 0 Å². The number of likely N-dealkylation sites (tertiary alicyclic amines) is 1. The van der Waals surface area contributed by atoms with Gasteiger partial charge in [-0.25, -0.2) is 4.98 Å². The van der Waals surface area contributed by atoms with Crippen molar-refractivity contribution in [2.45, 2.75) is 30.9 Å². The topological polar surface area (TPSA) is 80.1 Å². The summed E-state index contributed by atoms with van der Waals surface area (Å²) >= 11 is 0. The molecule has 6 nitrogen and oxygen atoms in total. The molecule has 140 valence electrons. The molecule has 0 spiro atoms. The van der Waals surface area contributed by atoms with E-state index in [2.05, 4.69) is 4.98 Å². The molecule has 2 aliphatic heterocycles. The molecule has 0 radical (unpaired) electrons. The molecule has 1 unspecified atom stereocenters. The summed E-state index contributed by atoms with van der Waals surface area (Å²) in [5, 5.41) is 29.1. The highest BCUT2D eigenvalue weighted by Crippen LogP contribution is 2.30. The van der Waals surface area contributed by atoms with Gasteiger partial charge in [-0.3, -0.25) is 4.90 Å². The molecule has 2 aliphatic rings. The van der Waals surface area contributed by atoms with Crippen molar-refractivity contribution in [3.8, 4) is 0 Å². The Morgan fingerprint density at radius 3 is 2.32 bits per heavy atom. The molecule has 0 amide bonds. The fraction of sp³-hybridized carbons (Fsp3) is 0.688. The first-order valence-corrected chi connectivity index (χ1v) is 8.29. The van der Waals surface area contributed by atoms with Crippen LogP contribution in [0, 0.1) is 5.92 Å². The van der Waals surface area contributed by atoms with Gasteiger partial charge in [0.15, 0.2) is 0 Å². The Morgan fingerprint density at radius 1 is 1.08 bits per heavy atom. The third kappa shape index (κ3) is 4.22. The average Bonchev–Trinajstić information content (AvgIpc) is 3.00. The van der Waals surface area contributed by atoms with Gasteiger partial charge in [0.05, 0.1) is 17.8 Å². The second kappa shape index (κ2) is 7.06. The van der Waals surface area contributed by atoms with Gasteiger partial charge in [0.2, 0.25) is 0 Å². The second-order valence-corrected chi connectivity index (χ2v) is 6.85. The average molecular weight is 361 g/mol. The number of aliphatic hydroxyl groups is 3. The summed E-state index contributed by atoms with van der Waals surface area (Å²) in [6.45, 7) is 2.60. The third-order valence-corrected chi connectivity index (χ3v) is 4.88. The summed E-state index contributed by atoms with van der Waals surface area (Å²) < 4.78 is 37.8. The number of β-amino-alcohol motifs (C(OH)–C–C–N with tert-alkyl or cyclic N) is 2. The van der Waals surface area contributed by atoms with Crippen LogP contribution >= 0.6 is 0 Å². The zero-order chi connectivity index (χ0) is 18.2. The largest absolute Gasteiger partial charge is 0.417 e. The van der Waals surface area contributed by atoms with E-state index in [1.54, 1.807) is 0 Å². The summed E-state index contributed by atoms with van der Waals surface area (Å²) in [5.74, 6) is 0.781. The Kier molecular flexibility index (Phi) is 5.19. The molecule has 3 rings (SSSR count). The molecule has 1 aromatic heterocycles. The van der Waals surface area contributed by atoms with E-state index in [4.69, 9.17) is 0 Å². The predicted octanol–water partition coefficient (Wildman–Crippen LogP) is 0.325. The lowest BCUT2D eigenvalue weighted by molar-refractivity contribution is -0.137. The van der Waals surface area contributed by atoms with Crippen LogP contribution < -0.4 is 4.90 Å². The number of anilines is 1. The molecule has 0 aliphatic carbocycles. The van der Waals surface area contributed by atoms with E-state index in [0.29, 0.717) is 38.5 Å². The van der Waals surface area contributed by atoms with Gasteiger partial charge in [-0.15, -0.1) is 0 Å². The molecule has 9 heteroatoms. The van der Waals surface area contributed by atoms with Gasteiger partial charge < -0.3 is 20.2 Å². The quantitative estimate of drug-likeness (QED) is 0.720. The first-order chi connectivity index (χ1) is 11.7. The Labute approximate surface area is 143 Å². The number of halogens is 3. The van der Waals surface area contributed by atoms with Crippen LogP contribution in [0.4, 0.5) is 19.0 Å². The molecule has 3 N–H and O–H groups in total. The molecule has 4 atom stereocenters. The summed E-state index contributed by atoms with van der Waals surface area (Å²) in [7, 11) is 0. The lowest BCUT2D eigenvalue weighted by Gasteiger charge is -2.37. The van der Waals surface area contributed by atoms with Crippen molar-refractivity contribution in [3.63, 3.8) is 0 Å². The Balaban J connectivity index is 1.55. The van der Waals surface area contributed by atoms with Crippen LogP contribution in [0.5, 0.6) is 0 Å². The molecule has 2 saturated heterocycles. The number of rotatable bonds is 3. The summed E-state index contributed by atoms with van der Waals surface area (Å²) in [6, 6.07) is 2.42. The van der Waals surface area contributed by atoms with Gasteiger partial charge >= 0.3 is 6.18 Å². The van der Waals surface area contributed by atoms with Crippen molar-refractivity contribution >= 4 is 5.82 Å². The Hall–Kier alpha value is -1.42. The van der Waals surface area contributed by atoms with Crippen molar-refractivity contribution in [1.82, 2.24) is 9.88 Å². The summed E-state index contributed by atoms with van der Waals surface area (Å²) in [4.78, 5) is 7.78. The van der Waals surface area contributed by atoms with Crippen molar-refractivity contribution in [1.29, 1.82) is 0 Å². The van der Waals surface area contributed by atoms with Crippen LogP contribution in [0.2, 0.25) is 0 Å². The fourth-order valence-electron chi connectivity index (χ4n) is 3.52. The van der Waals surface area contributed by atoms with Crippen molar-refractivity contribution in [3.05, 3.63) is 23.9 Å². The molecule has 1 aromatic rings. The minimum Gasteiger partial charge on any atom is -0.389 e. The van der Waals surface area contributed by atoms with Gasteiger partial charge in [-0.1, -0.05) is 0 Å². The molecule has 25 heavy (non-hydrogen) atoms. The first-order valence-electron chi connectivity index (χ1n) is 8.29. The van der Waals surface area contributed by atoms with Crippen LogP contribution in [-0.4, -0.2) is 76.2 Å². The van der Waals surface area contributed by atoms with Crippen molar-refractivity contribution < 1.29 is 28.5 Å². The minimum absolute atomic E-state index is 0.263. The number of pyridine rings is 1. The number of aromatic nitrogens is 1. The molecule has 2 fully saturated rings. The molecule has 0 saturated carbocycles. The highest BCUT2D eigenvalue weighted by molar-refractivity contribution is 5.41. The lowest BCUT2D eigenvalue weighted by Crippen LogP contribution is -2.56. The summed E-state index contributed by atoms with van der Waals surface area (Å²) in [6.07, 6.45) is -5.75. The van der Waals surface area contributed by atoms with Gasteiger partial charge in [0.25, 0.3) is 0 Å². The number of aliphatic hydroxyl groups excluding tert-OH is 3. The second-order valence-electron chi connectivity index (χ2n) is 6.85. The van der Waals surface area contributed by atoms with E-state index in [1.807, 2.05) is 9.80 Å². The first kappa shape index (κ1) is 18.4. The SMILES string of the molecule is OC1[C@H](O)CN(C[C@H]2CCN(c3ccc(C(F)(F)F)cn3)C2)C[C@@H]1O. The number of piperidine rings is 1. The van der Waals surface area contributed by atoms with Gasteiger partial charge in [0, 0.05) is 38.9 Å². The maximum Gasteiger partial charge on any atom is 0.417 e. The molecular formula is C16H22F3N3O3. The standard InChI is InChI=1S/C16H22F3N3O3/c17-16(18,19)11-1-2-14(20-5-11)22-4-3-10(7-22)6-21-8-12(23)15(25)13(24)9-21/h1-2,5,10,12-13,15,23-25H,3-4,6-9H2/t10-,12-,13+,15?/m1/s1. The maximum atomic E-state index is 12.6. The molecule has 0 bridgehead atoms. The zero-order valence-electron chi connectivity index (χ0n) is 13.6. The van der Waals surface area contributed by atoms with Gasteiger partial charge in [0.1, 0.15) is 11.9 Å². The van der Waals surface area contributed by atoms with Crippen LogP contribution in [0.25, 0.3) is 0 Å². The molecule has 3 heterocycles. The predicted molar refractivity (Wildman–Crippen MR) is 84.0 cm³/mol. The van der Waals surface area contributed by atoms with Crippen LogP contribution in [0.15, 0.2) is 18.3 Å². The number of hydrogen-bond acceptors (Lipinski definition) is 6.